The van der Waals surface area contributed by atoms with E-state index in [2.05, 4.69) is 4.98 Å². The molecule has 1 atom stereocenters. The van der Waals surface area contributed by atoms with Gasteiger partial charge < -0.3 is 24.5 Å². The van der Waals surface area contributed by atoms with Crippen molar-refractivity contribution in [2.24, 2.45) is 18.7 Å². The number of imidazole rings is 1. The number of hydrogen-bond acceptors (Lipinski definition) is 5. The van der Waals surface area contributed by atoms with E-state index in [4.69, 9.17) is 15.5 Å². The van der Waals surface area contributed by atoms with E-state index in [1.807, 2.05) is 22.2 Å². The summed E-state index contributed by atoms with van der Waals surface area (Å²) in [5.74, 6) is 1.33. The SMILES string of the molecule is COc1cc(C(=O)N2CCCC(N)C2)cc2nc(-c3cc4ccc(C(F)(F)F)nc4n3CC3CC3)n(C)c12. The van der Waals surface area contributed by atoms with Crippen molar-refractivity contribution in [2.45, 2.75) is 44.4 Å². The minimum absolute atomic E-state index is 0.0420. The van der Waals surface area contributed by atoms with Gasteiger partial charge in [-0.15, -0.1) is 0 Å². The summed E-state index contributed by atoms with van der Waals surface area (Å²) in [6.07, 6.45) is -0.727. The van der Waals surface area contributed by atoms with E-state index in [0.717, 1.165) is 31.7 Å². The van der Waals surface area contributed by atoms with Gasteiger partial charge in [-0.05, 0) is 61.9 Å². The molecule has 1 aromatic carbocycles. The van der Waals surface area contributed by atoms with Gasteiger partial charge in [-0.2, -0.15) is 13.2 Å². The molecule has 1 saturated carbocycles. The number of nitrogens with two attached hydrogens (primary N) is 1. The van der Waals surface area contributed by atoms with Gasteiger partial charge in [0.1, 0.15) is 22.6 Å². The van der Waals surface area contributed by atoms with Crippen LogP contribution in [0.4, 0.5) is 13.2 Å². The highest BCUT2D eigenvalue weighted by molar-refractivity contribution is 6.00. The summed E-state index contributed by atoms with van der Waals surface area (Å²) < 4.78 is 49.8. The minimum atomic E-state index is -4.53. The maximum absolute atomic E-state index is 13.5. The number of carbonyl (C=O) groups excluding carboxylic acids is 1. The highest BCUT2D eigenvalue weighted by atomic mass is 19.4. The minimum Gasteiger partial charge on any atom is -0.494 e. The van der Waals surface area contributed by atoms with E-state index >= 15 is 0 Å². The summed E-state index contributed by atoms with van der Waals surface area (Å²) in [6.45, 7) is 1.71. The third kappa shape index (κ3) is 4.28. The molecular weight excluding hydrogens is 497 g/mol. The van der Waals surface area contributed by atoms with Gasteiger partial charge in [-0.1, -0.05) is 0 Å². The molecule has 1 aliphatic carbocycles. The van der Waals surface area contributed by atoms with Crippen molar-refractivity contribution >= 4 is 28.0 Å². The van der Waals surface area contributed by atoms with Crippen LogP contribution in [0.1, 0.15) is 41.7 Å². The summed E-state index contributed by atoms with van der Waals surface area (Å²) in [7, 11) is 3.38. The quantitative estimate of drug-likeness (QED) is 0.411. The fourth-order valence-electron chi connectivity index (χ4n) is 5.41. The Morgan fingerprint density at radius 1 is 1.16 bits per heavy atom. The van der Waals surface area contributed by atoms with Crippen LogP contribution in [0.25, 0.3) is 33.6 Å². The molecular formula is C27H29F3N6O2. The Kier molecular flexibility index (Phi) is 5.86. The predicted octanol–water partition coefficient (Wildman–Crippen LogP) is 4.59. The summed E-state index contributed by atoms with van der Waals surface area (Å²) in [4.78, 5) is 23.9. The zero-order chi connectivity index (χ0) is 26.8. The van der Waals surface area contributed by atoms with Crippen LogP contribution in [0.5, 0.6) is 5.75 Å². The van der Waals surface area contributed by atoms with Gasteiger partial charge in [0.25, 0.3) is 5.91 Å². The molecule has 200 valence electrons. The molecule has 8 nitrogen and oxygen atoms in total. The molecule has 1 amide bonds. The number of likely N-dealkylation sites (tertiary alicyclic amines) is 1. The summed E-state index contributed by atoms with van der Waals surface area (Å²) >= 11 is 0. The third-order valence-electron chi connectivity index (χ3n) is 7.55. The Balaban J connectivity index is 1.49. The molecule has 0 radical (unpaired) electrons. The molecule has 2 N–H and O–H groups in total. The molecule has 2 aliphatic rings. The first kappa shape index (κ1) is 24.7. The average Bonchev–Trinajstić information content (AvgIpc) is 3.56. The number of nitrogens with zero attached hydrogens (tertiary/aromatic N) is 5. The van der Waals surface area contributed by atoms with Crippen LogP contribution in [0, 0.1) is 5.92 Å². The molecule has 0 spiro atoms. The Labute approximate surface area is 217 Å². The first-order chi connectivity index (χ1) is 18.1. The molecule has 38 heavy (non-hydrogen) atoms. The van der Waals surface area contributed by atoms with E-state index in [-0.39, 0.29) is 17.6 Å². The Hall–Kier alpha value is -3.60. The molecule has 11 heteroatoms. The number of rotatable bonds is 5. The van der Waals surface area contributed by atoms with Crippen LogP contribution in [0.15, 0.2) is 30.3 Å². The fourth-order valence-corrected chi connectivity index (χ4v) is 5.41. The second kappa shape index (κ2) is 9.00. The molecule has 1 aliphatic heterocycles. The number of fused-ring (bicyclic) bond motifs is 2. The third-order valence-corrected chi connectivity index (χ3v) is 7.55. The van der Waals surface area contributed by atoms with Crippen LogP contribution in [-0.2, 0) is 19.8 Å². The Bertz CT molecular complexity index is 1550. The molecule has 4 aromatic rings. The van der Waals surface area contributed by atoms with Gasteiger partial charge in [-0.3, -0.25) is 4.79 Å². The number of amides is 1. The standard InChI is InChI=1S/C27H29F3N6O2/c1-34-23-19(10-17(12-21(23)38-2)26(37)35-9-3-4-18(31)14-35)32-25(34)20-11-16-7-8-22(27(28,29)30)33-24(16)36(20)13-15-5-6-15/h7-8,10-12,15,18H,3-6,9,13-14,31H2,1-2H3. The number of pyridine rings is 1. The molecule has 0 bridgehead atoms. The second-order valence-corrected chi connectivity index (χ2v) is 10.4. The van der Waals surface area contributed by atoms with E-state index in [1.165, 1.54) is 6.07 Å². The highest BCUT2D eigenvalue weighted by Crippen LogP contribution is 2.38. The van der Waals surface area contributed by atoms with Gasteiger partial charge in [0.05, 0.1) is 18.3 Å². The molecule has 4 heterocycles. The van der Waals surface area contributed by atoms with Crippen molar-refractivity contribution in [2.75, 3.05) is 20.2 Å². The molecule has 6 rings (SSSR count). The van der Waals surface area contributed by atoms with Gasteiger partial charge in [0.2, 0.25) is 0 Å². The zero-order valence-electron chi connectivity index (χ0n) is 21.3. The highest BCUT2D eigenvalue weighted by Gasteiger charge is 2.34. The lowest BCUT2D eigenvalue weighted by molar-refractivity contribution is -0.141. The lowest BCUT2D eigenvalue weighted by Gasteiger charge is -2.30. The van der Waals surface area contributed by atoms with Gasteiger partial charge in [-0.25, -0.2) is 9.97 Å². The van der Waals surface area contributed by atoms with Crippen LogP contribution in [-0.4, -0.2) is 56.2 Å². The van der Waals surface area contributed by atoms with Crippen LogP contribution in [0.2, 0.25) is 0 Å². The maximum atomic E-state index is 13.5. The van der Waals surface area contributed by atoms with Crippen molar-refractivity contribution < 1.29 is 22.7 Å². The smallest absolute Gasteiger partial charge is 0.433 e. The number of halogens is 3. The van der Waals surface area contributed by atoms with Crippen molar-refractivity contribution in [1.29, 1.82) is 0 Å². The van der Waals surface area contributed by atoms with E-state index in [9.17, 15) is 18.0 Å². The van der Waals surface area contributed by atoms with Gasteiger partial charge in [0.15, 0.2) is 5.82 Å². The number of ether oxygens (including phenoxy) is 1. The molecule has 2 fully saturated rings. The zero-order valence-corrected chi connectivity index (χ0v) is 21.3. The molecule has 1 unspecified atom stereocenters. The Morgan fingerprint density at radius 2 is 1.95 bits per heavy atom. The van der Waals surface area contributed by atoms with Crippen molar-refractivity contribution in [3.63, 3.8) is 0 Å². The van der Waals surface area contributed by atoms with E-state index < -0.39 is 11.9 Å². The van der Waals surface area contributed by atoms with Crippen molar-refractivity contribution in [1.82, 2.24) is 24.0 Å². The second-order valence-electron chi connectivity index (χ2n) is 10.4. The number of piperidine rings is 1. The Morgan fingerprint density at radius 3 is 2.63 bits per heavy atom. The summed E-state index contributed by atoms with van der Waals surface area (Å²) in [5.41, 5.74) is 7.86. The first-order valence-electron chi connectivity index (χ1n) is 12.8. The predicted molar refractivity (Wildman–Crippen MR) is 137 cm³/mol. The van der Waals surface area contributed by atoms with Crippen molar-refractivity contribution in [3.8, 4) is 17.3 Å². The number of carbonyl (C=O) groups is 1. The maximum Gasteiger partial charge on any atom is 0.433 e. The monoisotopic (exact) mass is 526 g/mol. The molecule has 3 aromatic heterocycles. The topological polar surface area (TPSA) is 91.2 Å². The number of aromatic nitrogens is 4. The van der Waals surface area contributed by atoms with Crippen LogP contribution in [0.3, 0.4) is 0 Å². The largest absolute Gasteiger partial charge is 0.494 e. The molecule has 1 saturated heterocycles. The number of methoxy groups -OCH3 is 1. The number of aryl methyl sites for hydroxylation is 1. The number of alkyl halides is 3. The lowest BCUT2D eigenvalue weighted by atomic mass is 10.0. The van der Waals surface area contributed by atoms with Gasteiger partial charge in [0, 0.05) is 43.7 Å². The normalized spacial score (nSPS) is 18.5. The average molecular weight is 527 g/mol. The van der Waals surface area contributed by atoms with E-state index in [0.29, 0.717) is 64.8 Å². The summed E-state index contributed by atoms with van der Waals surface area (Å²) in [6, 6.07) is 7.72. The van der Waals surface area contributed by atoms with Crippen LogP contribution >= 0.6 is 0 Å². The number of hydrogen-bond donors (Lipinski definition) is 1. The van der Waals surface area contributed by atoms with Crippen molar-refractivity contribution in [3.05, 3.63) is 41.6 Å². The van der Waals surface area contributed by atoms with E-state index in [1.54, 1.807) is 24.1 Å². The lowest BCUT2D eigenvalue weighted by Crippen LogP contribution is -2.45. The van der Waals surface area contributed by atoms with Crippen LogP contribution < -0.4 is 10.5 Å². The fraction of sp³-hybridized carbons (Fsp3) is 0.444. The summed E-state index contributed by atoms with van der Waals surface area (Å²) in [5, 5.41) is 0.616. The number of benzene rings is 1. The first-order valence-corrected chi connectivity index (χ1v) is 12.8. The van der Waals surface area contributed by atoms with Gasteiger partial charge >= 0.3 is 6.18 Å².